The third-order valence-electron chi connectivity index (χ3n) is 10.1. The molecule has 8 aromatic carbocycles. The maximum Gasteiger partial charge on any atom is 0.310 e. The van der Waals surface area contributed by atoms with Gasteiger partial charge in [0.2, 0.25) is 0 Å². The summed E-state index contributed by atoms with van der Waals surface area (Å²) in [5.74, 6) is -2.21. The topological polar surface area (TPSA) is 127 Å². The minimum atomic E-state index is -0.874. The molecule has 56 heavy (non-hydrogen) atoms. The van der Waals surface area contributed by atoms with E-state index in [0.29, 0.717) is 13.2 Å². The highest BCUT2D eigenvalue weighted by Crippen LogP contribution is 2.37. The molecule has 8 heteroatoms. The van der Waals surface area contributed by atoms with Crippen LogP contribution in [0, 0.1) is 0 Å². The Hall–Kier alpha value is -6.80. The lowest BCUT2D eigenvalue weighted by molar-refractivity contribution is -0.143. The highest BCUT2D eigenvalue weighted by atomic mass is 16.5. The molecule has 8 nitrogen and oxygen atoms in total. The summed E-state index contributed by atoms with van der Waals surface area (Å²) in [5, 5.41) is 30.4. The second kappa shape index (κ2) is 16.3. The highest BCUT2D eigenvalue weighted by molar-refractivity contribution is 6.21. The number of carbonyl (C=O) groups excluding carboxylic acids is 2. The van der Waals surface area contributed by atoms with E-state index >= 15 is 0 Å². The molecule has 0 heterocycles. The molecule has 0 saturated carbocycles. The van der Waals surface area contributed by atoms with Crippen molar-refractivity contribution in [3.63, 3.8) is 0 Å². The Morgan fingerprint density at radius 3 is 0.839 bits per heavy atom. The molecular weight excluding hydrogens is 705 g/mol. The molecule has 0 spiro atoms. The number of esters is 2. The number of fused-ring (bicyclic) bond motifs is 10. The van der Waals surface area contributed by atoms with Crippen molar-refractivity contribution in [2.24, 2.45) is 0 Å². The van der Waals surface area contributed by atoms with Crippen molar-refractivity contribution in [1.29, 1.82) is 0 Å². The minimum absolute atomic E-state index is 0.0539. The summed E-state index contributed by atoms with van der Waals surface area (Å²) >= 11 is 0. The standard InChI is InChI=1S/C26H24O4.C22H16O4/c1-3-29-25(27)15-17-13-23-22-12-8-6-10-20(22)18(16-26(28)30-4-2)14-24(23)21-11-7-5-9-19(17)21;23-21(24)11-13-9-20-18-8-4-2-6-16(18)14(12-22(25)26)10-19(20)17-7-3-1-5-15(13)17/h5-14H,3-4,15-16H2,1-2H3;1-10H,11-12H2,(H,23,24)(H,25,26). The van der Waals surface area contributed by atoms with Crippen molar-refractivity contribution in [3.8, 4) is 0 Å². The molecule has 0 atom stereocenters. The van der Waals surface area contributed by atoms with Crippen molar-refractivity contribution < 1.29 is 38.9 Å². The van der Waals surface area contributed by atoms with Gasteiger partial charge < -0.3 is 19.7 Å². The van der Waals surface area contributed by atoms with Gasteiger partial charge >= 0.3 is 23.9 Å². The normalized spacial score (nSPS) is 11.2. The number of carboxylic acid groups (broad SMARTS) is 2. The lowest BCUT2D eigenvalue weighted by Gasteiger charge is -2.15. The first kappa shape index (κ1) is 37.5. The lowest BCUT2D eigenvalue weighted by atomic mass is 9.90. The fourth-order valence-corrected chi connectivity index (χ4v) is 7.85. The maximum absolute atomic E-state index is 12.2. The summed E-state index contributed by atoms with van der Waals surface area (Å²) < 4.78 is 10.4. The van der Waals surface area contributed by atoms with Gasteiger partial charge in [0.05, 0.1) is 38.9 Å². The largest absolute Gasteiger partial charge is 0.481 e. The number of rotatable bonds is 10. The highest BCUT2D eigenvalue weighted by Gasteiger charge is 2.17. The van der Waals surface area contributed by atoms with Crippen molar-refractivity contribution in [2.45, 2.75) is 39.5 Å². The zero-order chi connectivity index (χ0) is 39.3. The Bertz CT molecular complexity index is 2640. The van der Waals surface area contributed by atoms with Gasteiger partial charge in [0.25, 0.3) is 0 Å². The third kappa shape index (κ3) is 7.59. The van der Waals surface area contributed by atoms with Crippen molar-refractivity contribution in [2.75, 3.05) is 13.2 Å². The number of hydrogen-bond donors (Lipinski definition) is 2. The van der Waals surface area contributed by atoms with Crippen LogP contribution in [0.25, 0.3) is 64.6 Å². The predicted molar refractivity (Wildman–Crippen MR) is 221 cm³/mol. The molecule has 2 N–H and O–H groups in total. The number of hydrogen-bond acceptors (Lipinski definition) is 6. The molecule has 280 valence electrons. The summed E-state index contributed by atoms with van der Waals surface area (Å²) in [6.45, 7) is 4.36. The molecule has 0 fully saturated rings. The summed E-state index contributed by atoms with van der Waals surface area (Å²) in [7, 11) is 0. The van der Waals surface area contributed by atoms with Gasteiger partial charge in [-0.25, -0.2) is 0 Å². The summed E-state index contributed by atoms with van der Waals surface area (Å²) in [5.41, 5.74) is 3.41. The number of aliphatic carboxylic acids is 2. The van der Waals surface area contributed by atoms with Crippen LogP contribution in [0.4, 0.5) is 0 Å². The molecule has 0 radical (unpaired) electrons. The molecule has 0 aliphatic carbocycles. The van der Waals surface area contributed by atoms with Gasteiger partial charge in [0, 0.05) is 0 Å². The van der Waals surface area contributed by atoms with E-state index in [0.717, 1.165) is 86.9 Å². The molecule has 0 bridgehead atoms. The van der Waals surface area contributed by atoms with Gasteiger partial charge in [-0.3, -0.25) is 19.2 Å². The number of carbonyl (C=O) groups is 4. The Balaban J connectivity index is 0.000000173. The van der Waals surface area contributed by atoms with Gasteiger partial charge in [0.1, 0.15) is 0 Å². The Morgan fingerprint density at radius 2 is 0.607 bits per heavy atom. The third-order valence-corrected chi connectivity index (χ3v) is 10.1. The number of carboxylic acids is 2. The second-order valence-corrected chi connectivity index (χ2v) is 13.6. The van der Waals surface area contributed by atoms with Crippen LogP contribution in [0.1, 0.15) is 36.1 Å². The van der Waals surface area contributed by atoms with Crippen LogP contribution in [0.15, 0.2) is 121 Å². The van der Waals surface area contributed by atoms with Crippen LogP contribution in [0.2, 0.25) is 0 Å². The van der Waals surface area contributed by atoms with Crippen LogP contribution in [-0.4, -0.2) is 47.3 Å². The molecule has 0 aromatic heterocycles. The van der Waals surface area contributed by atoms with Crippen molar-refractivity contribution in [1.82, 2.24) is 0 Å². The lowest BCUT2D eigenvalue weighted by Crippen LogP contribution is -2.09. The smallest absolute Gasteiger partial charge is 0.310 e. The van der Waals surface area contributed by atoms with Crippen LogP contribution in [0.3, 0.4) is 0 Å². The Morgan fingerprint density at radius 1 is 0.375 bits per heavy atom. The van der Waals surface area contributed by atoms with Gasteiger partial charge in [0.15, 0.2) is 0 Å². The molecule has 0 amide bonds. The maximum atomic E-state index is 12.2. The van der Waals surface area contributed by atoms with Gasteiger partial charge in [-0.15, -0.1) is 0 Å². The zero-order valence-corrected chi connectivity index (χ0v) is 31.1. The second-order valence-electron chi connectivity index (χ2n) is 13.6. The van der Waals surface area contributed by atoms with E-state index in [1.165, 1.54) is 0 Å². The first-order chi connectivity index (χ1) is 27.2. The first-order valence-electron chi connectivity index (χ1n) is 18.6. The van der Waals surface area contributed by atoms with E-state index in [2.05, 4.69) is 24.3 Å². The van der Waals surface area contributed by atoms with E-state index in [1.54, 1.807) is 0 Å². The first-order valence-corrected chi connectivity index (χ1v) is 18.6. The van der Waals surface area contributed by atoms with Crippen LogP contribution < -0.4 is 0 Å². The molecule has 0 saturated heterocycles. The molecule has 0 aliphatic heterocycles. The van der Waals surface area contributed by atoms with Gasteiger partial charge in [-0.05, 0) is 125 Å². The Kier molecular flexibility index (Phi) is 10.9. The number of ether oxygens (including phenoxy) is 2. The molecule has 0 aliphatic rings. The SMILES string of the molecule is CCOC(=O)Cc1cc2c3ccccc3c(CC(=O)OCC)cc2c2ccccc12.O=C(O)Cc1cc2c3ccccc3c(CC(=O)O)cc2c2ccccc12. The van der Waals surface area contributed by atoms with E-state index in [1.807, 2.05) is 111 Å². The summed E-state index contributed by atoms with van der Waals surface area (Å²) in [6, 6.07) is 39.5. The predicted octanol–water partition coefficient (Wildman–Crippen LogP) is 9.76. The fraction of sp³-hybridized carbons (Fsp3) is 0.167. The van der Waals surface area contributed by atoms with E-state index in [9.17, 15) is 29.4 Å². The van der Waals surface area contributed by atoms with Crippen molar-refractivity contribution >= 4 is 88.5 Å². The fourth-order valence-electron chi connectivity index (χ4n) is 7.85. The zero-order valence-electron chi connectivity index (χ0n) is 31.1. The van der Waals surface area contributed by atoms with Crippen LogP contribution in [0.5, 0.6) is 0 Å². The molecule has 8 rings (SSSR count). The van der Waals surface area contributed by atoms with Crippen LogP contribution in [-0.2, 0) is 54.3 Å². The van der Waals surface area contributed by atoms with E-state index in [4.69, 9.17) is 9.47 Å². The molecule has 0 unspecified atom stereocenters. The minimum Gasteiger partial charge on any atom is -0.481 e. The monoisotopic (exact) mass is 744 g/mol. The average Bonchev–Trinajstić information content (AvgIpc) is 3.19. The Labute approximate surface area is 322 Å². The van der Waals surface area contributed by atoms with E-state index in [-0.39, 0.29) is 37.6 Å². The summed E-state index contributed by atoms with van der Waals surface area (Å²) in [4.78, 5) is 47.1. The molecular formula is C48H40O8. The van der Waals surface area contributed by atoms with Crippen molar-refractivity contribution in [3.05, 3.63) is 144 Å². The molecule has 8 aromatic rings. The average molecular weight is 745 g/mol. The van der Waals surface area contributed by atoms with E-state index < -0.39 is 11.9 Å². The quantitative estimate of drug-likeness (QED) is 0.105. The van der Waals surface area contributed by atoms with Gasteiger partial charge in [-0.1, -0.05) is 97.1 Å². The number of benzene rings is 8. The van der Waals surface area contributed by atoms with Gasteiger partial charge in [-0.2, -0.15) is 0 Å². The van der Waals surface area contributed by atoms with Crippen LogP contribution >= 0.6 is 0 Å². The summed E-state index contributed by atoms with van der Waals surface area (Å²) in [6.07, 6.45) is 0.343.